The third-order valence-electron chi connectivity index (χ3n) is 2.46. The van der Waals surface area contributed by atoms with Crippen LogP contribution in [0.25, 0.3) is 0 Å². The maximum atomic E-state index is 13.0. The normalized spacial score (nSPS) is 11.5. The maximum Gasteiger partial charge on any atom is 0.251 e. The number of ether oxygens (including phenoxy) is 1. The molecule has 0 saturated heterocycles. The number of carbonyl (C=O) groups excluding carboxylic acids is 1. The molecule has 0 aliphatic rings. The van der Waals surface area contributed by atoms with E-state index in [9.17, 15) is 18.0 Å². The minimum absolute atomic E-state index is 0.167. The van der Waals surface area contributed by atoms with Crippen LogP contribution in [0.3, 0.4) is 0 Å². The van der Waals surface area contributed by atoms with Gasteiger partial charge in [-0.25, -0.2) is 13.2 Å². The number of benzene rings is 1. The summed E-state index contributed by atoms with van der Waals surface area (Å²) in [5, 5.41) is 2.48. The van der Waals surface area contributed by atoms with Gasteiger partial charge in [0, 0.05) is 18.7 Å². The largest absolute Gasteiger partial charge is 0.374 e. The van der Waals surface area contributed by atoms with Crippen molar-refractivity contribution in [2.24, 2.45) is 0 Å². The SMILES string of the molecule is CCOC(C)(C)CNC(=O)c1cc(F)c(F)c(F)c1. The highest BCUT2D eigenvalue weighted by Crippen LogP contribution is 2.14. The average molecular weight is 275 g/mol. The Kier molecular flexibility index (Phi) is 4.94. The molecule has 1 N–H and O–H groups in total. The number of hydrogen-bond acceptors (Lipinski definition) is 2. The van der Waals surface area contributed by atoms with Gasteiger partial charge >= 0.3 is 0 Å². The monoisotopic (exact) mass is 275 g/mol. The van der Waals surface area contributed by atoms with Gasteiger partial charge in [-0.1, -0.05) is 0 Å². The fraction of sp³-hybridized carbons (Fsp3) is 0.462. The summed E-state index contributed by atoms with van der Waals surface area (Å²) >= 11 is 0. The third-order valence-corrected chi connectivity index (χ3v) is 2.46. The summed E-state index contributed by atoms with van der Waals surface area (Å²) in [5.74, 6) is -5.07. The van der Waals surface area contributed by atoms with Crippen LogP contribution in [0.15, 0.2) is 12.1 Å². The van der Waals surface area contributed by atoms with Gasteiger partial charge in [0.1, 0.15) is 0 Å². The Hall–Kier alpha value is -1.56. The summed E-state index contributed by atoms with van der Waals surface area (Å²) in [6.07, 6.45) is 0. The van der Waals surface area contributed by atoms with Gasteiger partial charge in [-0.2, -0.15) is 0 Å². The second-order valence-electron chi connectivity index (χ2n) is 4.63. The molecular formula is C13H16F3NO2. The van der Waals surface area contributed by atoms with Crippen molar-refractivity contribution in [3.63, 3.8) is 0 Å². The standard InChI is InChI=1S/C13H16F3NO2/c1-4-19-13(2,3)7-17-12(18)8-5-9(14)11(16)10(15)6-8/h5-6H,4,7H2,1-3H3,(H,17,18). The lowest BCUT2D eigenvalue weighted by Gasteiger charge is -2.24. The molecule has 0 aliphatic carbocycles. The number of carbonyl (C=O) groups is 1. The Morgan fingerprint density at radius 3 is 2.26 bits per heavy atom. The van der Waals surface area contributed by atoms with Crippen LogP contribution in [-0.4, -0.2) is 24.7 Å². The molecule has 0 bridgehead atoms. The van der Waals surface area contributed by atoms with Crippen LogP contribution in [0.1, 0.15) is 31.1 Å². The van der Waals surface area contributed by atoms with Gasteiger partial charge in [-0.15, -0.1) is 0 Å². The first-order valence-electron chi connectivity index (χ1n) is 5.83. The lowest BCUT2D eigenvalue weighted by molar-refractivity contribution is -0.00815. The van der Waals surface area contributed by atoms with E-state index in [-0.39, 0.29) is 12.1 Å². The molecule has 6 heteroatoms. The zero-order valence-corrected chi connectivity index (χ0v) is 11.0. The molecular weight excluding hydrogens is 259 g/mol. The number of hydrogen-bond donors (Lipinski definition) is 1. The van der Waals surface area contributed by atoms with Crippen molar-refractivity contribution in [3.05, 3.63) is 35.1 Å². The van der Waals surface area contributed by atoms with Crippen molar-refractivity contribution in [1.29, 1.82) is 0 Å². The van der Waals surface area contributed by atoms with Crippen LogP contribution in [0.4, 0.5) is 13.2 Å². The zero-order valence-electron chi connectivity index (χ0n) is 11.0. The van der Waals surface area contributed by atoms with E-state index in [1.165, 1.54) is 0 Å². The Balaban J connectivity index is 2.74. The maximum absolute atomic E-state index is 13.0. The summed E-state index contributed by atoms with van der Waals surface area (Å²) in [6.45, 7) is 5.99. The molecule has 19 heavy (non-hydrogen) atoms. The highest BCUT2D eigenvalue weighted by atomic mass is 19.2. The minimum atomic E-state index is -1.59. The Morgan fingerprint density at radius 2 is 1.79 bits per heavy atom. The molecule has 0 fully saturated rings. The number of amides is 1. The van der Waals surface area contributed by atoms with E-state index in [1.54, 1.807) is 13.8 Å². The highest BCUT2D eigenvalue weighted by molar-refractivity contribution is 5.94. The van der Waals surface area contributed by atoms with E-state index in [2.05, 4.69) is 5.32 Å². The third kappa shape index (κ3) is 4.24. The lowest BCUT2D eigenvalue weighted by Crippen LogP contribution is -2.40. The smallest absolute Gasteiger partial charge is 0.251 e. The zero-order chi connectivity index (χ0) is 14.6. The second-order valence-corrected chi connectivity index (χ2v) is 4.63. The van der Waals surface area contributed by atoms with Crippen molar-refractivity contribution in [1.82, 2.24) is 5.32 Å². The topological polar surface area (TPSA) is 38.3 Å². The highest BCUT2D eigenvalue weighted by Gasteiger charge is 2.20. The van der Waals surface area contributed by atoms with Crippen LogP contribution in [0, 0.1) is 17.5 Å². The number of halogens is 3. The molecule has 1 aromatic carbocycles. The Bertz CT molecular complexity index is 452. The van der Waals surface area contributed by atoms with E-state index < -0.39 is 29.0 Å². The molecule has 106 valence electrons. The molecule has 0 aromatic heterocycles. The molecule has 1 aromatic rings. The summed E-state index contributed by atoms with van der Waals surface area (Å²) < 4.78 is 44.1. The fourth-order valence-electron chi connectivity index (χ4n) is 1.52. The summed E-state index contributed by atoms with van der Waals surface area (Å²) in [7, 11) is 0. The van der Waals surface area contributed by atoms with Gasteiger partial charge in [0.2, 0.25) is 0 Å². The van der Waals surface area contributed by atoms with E-state index in [0.29, 0.717) is 18.7 Å². The van der Waals surface area contributed by atoms with Gasteiger partial charge in [0.05, 0.1) is 5.60 Å². The van der Waals surface area contributed by atoms with Crippen molar-refractivity contribution in [2.75, 3.05) is 13.2 Å². The van der Waals surface area contributed by atoms with Crippen LogP contribution in [0.5, 0.6) is 0 Å². The second kappa shape index (κ2) is 6.06. The van der Waals surface area contributed by atoms with Crippen molar-refractivity contribution in [3.8, 4) is 0 Å². The van der Waals surface area contributed by atoms with Gasteiger partial charge in [-0.3, -0.25) is 4.79 Å². The van der Waals surface area contributed by atoms with Gasteiger partial charge < -0.3 is 10.1 Å². The Morgan fingerprint density at radius 1 is 1.26 bits per heavy atom. The molecule has 1 amide bonds. The fourth-order valence-corrected chi connectivity index (χ4v) is 1.52. The first kappa shape index (κ1) is 15.5. The van der Waals surface area contributed by atoms with E-state index in [0.717, 1.165) is 0 Å². The summed E-state index contributed by atoms with van der Waals surface area (Å²) in [6, 6.07) is 1.31. The minimum Gasteiger partial charge on any atom is -0.374 e. The first-order chi connectivity index (χ1) is 8.76. The van der Waals surface area contributed by atoms with Crippen LogP contribution < -0.4 is 5.32 Å². The van der Waals surface area contributed by atoms with Crippen LogP contribution >= 0.6 is 0 Å². The lowest BCUT2D eigenvalue weighted by atomic mass is 10.1. The first-order valence-corrected chi connectivity index (χ1v) is 5.83. The van der Waals surface area contributed by atoms with Gasteiger partial charge in [0.25, 0.3) is 5.91 Å². The molecule has 0 saturated carbocycles. The van der Waals surface area contributed by atoms with Crippen molar-refractivity contribution in [2.45, 2.75) is 26.4 Å². The predicted molar refractivity (Wildman–Crippen MR) is 64.4 cm³/mol. The molecule has 3 nitrogen and oxygen atoms in total. The van der Waals surface area contributed by atoms with E-state index in [4.69, 9.17) is 4.74 Å². The van der Waals surface area contributed by atoms with Crippen LogP contribution in [-0.2, 0) is 4.74 Å². The summed E-state index contributed by atoms with van der Waals surface area (Å²) in [5.41, 5.74) is -0.870. The van der Waals surface area contributed by atoms with Gasteiger partial charge in [-0.05, 0) is 32.9 Å². The molecule has 0 heterocycles. The quantitative estimate of drug-likeness (QED) is 0.839. The number of rotatable bonds is 5. The molecule has 1 rings (SSSR count). The van der Waals surface area contributed by atoms with Gasteiger partial charge in [0.15, 0.2) is 17.5 Å². The van der Waals surface area contributed by atoms with E-state index in [1.807, 2.05) is 6.92 Å². The molecule has 0 unspecified atom stereocenters. The number of nitrogens with one attached hydrogen (secondary N) is 1. The van der Waals surface area contributed by atoms with E-state index >= 15 is 0 Å². The van der Waals surface area contributed by atoms with Crippen molar-refractivity contribution >= 4 is 5.91 Å². The average Bonchev–Trinajstić information content (AvgIpc) is 2.32. The van der Waals surface area contributed by atoms with Crippen molar-refractivity contribution < 1.29 is 22.7 Å². The van der Waals surface area contributed by atoms with Crippen LogP contribution in [0.2, 0.25) is 0 Å². The molecule has 0 atom stereocenters. The molecule has 0 aliphatic heterocycles. The summed E-state index contributed by atoms with van der Waals surface area (Å²) in [4.78, 5) is 11.7. The molecule has 0 spiro atoms. The Labute approximate surface area is 109 Å². The predicted octanol–water partition coefficient (Wildman–Crippen LogP) is 2.65. The molecule has 0 radical (unpaired) electrons.